The van der Waals surface area contributed by atoms with E-state index in [1.165, 1.54) is 12.8 Å². The van der Waals surface area contributed by atoms with Crippen LogP contribution < -0.4 is 5.32 Å². The van der Waals surface area contributed by atoms with Gasteiger partial charge in [0, 0.05) is 19.1 Å². The molecule has 0 saturated carbocycles. The number of nitrogens with zero attached hydrogens (tertiary/aromatic N) is 3. The van der Waals surface area contributed by atoms with E-state index in [1.807, 2.05) is 6.33 Å². The SMILES string of the molecule is CCCC1(c2nncn2CCOC)CCNCC1. The molecule has 5 heteroatoms. The topological polar surface area (TPSA) is 52.0 Å². The second-order valence-electron chi connectivity index (χ2n) is 5.12. The van der Waals surface area contributed by atoms with Gasteiger partial charge in [-0.25, -0.2) is 0 Å². The summed E-state index contributed by atoms with van der Waals surface area (Å²) in [5, 5.41) is 12.0. The lowest BCUT2D eigenvalue weighted by Gasteiger charge is -2.36. The van der Waals surface area contributed by atoms with E-state index < -0.39 is 0 Å². The predicted molar refractivity (Wildman–Crippen MR) is 70.6 cm³/mol. The summed E-state index contributed by atoms with van der Waals surface area (Å²) in [4.78, 5) is 0. The van der Waals surface area contributed by atoms with Crippen LogP contribution in [0.15, 0.2) is 6.33 Å². The van der Waals surface area contributed by atoms with Gasteiger partial charge in [0.2, 0.25) is 0 Å². The second-order valence-corrected chi connectivity index (χ2v) is 5.12. The average molecular weight is 252 g/mol. The molecule has 1 saturated heterocycles. The summed E-state index contributed by atoms with van der Waals surface area (Å²) in [7, 11) is 1.73. The van der Waals surface area contributed by atoms with Gasteiger partial charge >= 0.3 is 0 Å². The molecule has 2 rings (SSSR count). The van der Waals surface area contributed by atoms with Crippen LogP contribution in [0, 0.1) is 0 Å². The Bertz CT molecular complexity index is 352. The molecule has 0 amide bonds. The standard InChI is InChI=1S/C13H24N4O/c1-3-4-13(5-7-14-8-6-13)12-16-15-11-17(12)9-10-18-2/h11,14H,3-10H2,1-2H3. The Balaban J connectivity index is 2.21. The highest BCUT2D eigenvalue weighted by Gasteiger charge is 2.37. The molecule has 0 aliphatic carbocycles. The van der Waals surface area contributed by atoms with Gasteiger partial charge in [-0.15, -0.1) is 10.2 Å². The molecular formula is C13H24N4O. The van der Waals surface area contributed by atoms with Crippen molar-refractivity contribution in [1.82, 2.24) is 20.1 Å². The molecule has 0 unspecified atom stereocenters. The van der Waals surface area contributed by atoms with Gasteiger partial charge in [0.15, 0.2) is 0 Å². The van der Waals surface area contributed by atoms with Crippen LogP contribution in [0.5, 0.6) is 0 Å². The van der Waals surface area contributed by atoms with E-state index in [9.17, 15) is 0 Å². The Morgan fingerprint density at radius 2 is 2.22 bits per heavy atom. The number of rotatable bonds is 6. The van der Waals surface area contributed by atoms with Crippen molar-refractivity contribution in [2.75, 3.05) is 26.8 Å². The minimum absolute atomic E-state index is 0.213. The Kier molecular flexibility index (Phi) is 4.72. The number of hydrogen-bond donors (Lipinski definition) is 1. The molecule has 1 aromatic rings. The molecule has 0 bridgehead atoms. The maximum absolute atomic E-state index is 5.16. The summed E-state index contributed by atoms with van der Waals surface area (Å²) < 4.78 is 7.33. The smallest absolute Gasteiger partial charge is 0.139 e. The first-order chi connectivity index (χ1) is 8.82. The lowest BCUT2D eigenvalue weighted by atomic mass is 9.74. The highest BCUT2D eigenvalue weighted by Crippen LogP contribution is 2.36. The maximum Gasteiger partial charge on any atom is 0.139 e. The molecule has 1 N–H and O–H groups in total. The average Bonchev–Trinajstić information content (AvgIpc) is 2.87. The van der Waals surface area contributed by atoms with Crippen molar-refractivity contribution < 1.29 is 4.74 Å². The summed E-state index contributed by atoms with van der Waals surface area (Å²) in [5.74, 6) is 1.16. The highest BCUT2D eigenvalue weighted by atomic mass is 16.5. The fourth-order valence-electron chi connectivity index (χ4n) is 2.99. The van der Waals surface area contributed by atoms with E-state index in [4.69, 9.17) is 4.74 Å². The quantitative estimate of drug-likeness (QED) is 0.830. The molecular weight excluding hydrogens is 228 g/mol. The van der Waals surface area contributed by atoms with E-state index in [0.29, 0.717) is 6.61 Å². The van der Waals surface area contributed by atoms with Gasteiger partial charge in [-0.05, 0) is 32.4 Å². The van der Waals surface area contributed by atoms with Crippen molar-refractivity contribution in [3.63, 3.8) is 0 Å². The van der Waals surface area contributed by atoms with Gasteiger partial charge < -0.3 is 14.6 Å². The summed E-state index contributed by atoms with van der Waals surface area (Å²) in [6.45, 7) is 5.97. The lowest BCUT2D eigenvalue weighted by Crippen LogP contribution is -2.41. The van der Waals surface area contributed by atoms with Crippen molar-refractivity contribution in [3.05, 3.63) is 12.2 Å². The molecule has 1 aromatic heterocycles. The molecule has 102 valence electrons. The zero-order valence-corrected chi connectivity index (χ0v) is 11.5. The summed E-state index contributed by atoms with van der Waals surface area (Å²) in [6.07, 6.45) is 6.55. The zero-order valence-electron chi connectivity index (χ0n) is 11.5. The molecule has 18 heavy (non-hydrogen) atoms. The van der Waals surface area contributed by atoms with E-state index >= 15 is 0 Å². The Labute approximate surface area is 109 Å². The zero-order chi connectivity index (χ0) is 12.8. The maximum atomic E-state index is 5.16. The fourth-order valence-corrected chi connectivity index (χ4v) is 2.99. The van der Waals surface area contributed by atoms with Gasteiger partial charge in [-0.1, -0.05) is 13.3 Å². The van der Waals surface area contributed by atoms with Crippen LogP contribution >= 0.6 is 0 Å². The van der Waals surface area contributed by atoms with Crippen molar-refractivity contribution in [2.45, 2.75) is 44.6 Å². The first-order valence-electron chi connectivity index (χ1n) is 6.90. The number of ether oxygens (including phenoxy) is 1. The Morgan fingerprint density at radius 3 is 2.89 bits per heavy atom. The minimum Gasteiger partial charge on any atom is -0.383 e. The molecule has 1 aliphatic heterocycles. The second kappa shape index (κ2) is 6.29. The van der Waals surface area contributed by atoms with E-state index in [0.717, 1.165) is 38.3 Å². The Hall–Kier alpha value is -0.940. The molecule has 2 heterocycles. The van der Waals surface area contributed by atoms with Crippen LogP contribution in [0.1, 0.15) is 38.4 Å². The van der Waals surface area contributed by atoms with Crippen LogP contribution in [0.2, 0.25) is 0 Å². The minimum atomic E-state index is 0.213. The van der Waals surface area contributed by atoms with Gasteiger partial charge in [-0.3, -0.25) is 0 Å². The van der Waals surface area contributed by atoms with Gasteiger partial charge in [-0.2, -0.15) is 0 Å². The summed E-state index contributed by atoms with van der Waals surface area (Å²) in [5.41, 5.74) is 0.213. The van der Waals surface area contributed by atoms with Gasteiger partial charge in [0.1, 0.15) is 12.2 Å². The molecule has 0 radical (unpaired) electrons. The lowest BCUT2D eigenvalue weighted by molar-refractivity contribution is 0.181. The van der Waals surface area contributed by atoms with Crippen LogP contribution in [-0.4, -0.2) is 41.6 Å². The molecule has 0 atom stereocenters. The number of aromatic nitrogens is 3. The fraction of sp³-hybridized carbons (Fsp3) is 0.846. The van der Waals surface area contributed by atoms with E-state index in [2.05, 4.69) is 27.0 Å². The van der Waals surface area contributed by atoms with E-state index in [-0.39, 0.29) is 5.41 Å². The summed E-state index contributed by atoms with van der Waals surface area (Å²) in [6, 6.07) is 0. The molecule has 1 fully saturated rings. The third-order valence-corrected chi connectivity index (χ3v) is 3.92. The van der Waals surface area contributed by atoms with Crippen molar-refractivity contribution in [3.8, 4) is 0 Å². The number of hydrogen-bond acceptors (Lipinski definition) is 4. The van der Waals surface area contributed by atoms with Crippen molar-refractivity contribution >= 4 is 0 Å². The number of methoxy groups -OCH3 is 1. The normalized spacial score (nSPS) is 19.0. The largest absolute Gasteiger partial charge is 0.383 e. The third-order valence-electron chi connectivity index (χ3n) is 3.92. The summed E-state index contributed by atoms with van der Waals surface area (Å²) >= 11 is 0. The predicted octanol–water partition coefficient (Wildman–Crippen LogP) is 1.35. The molecule has 0 spiro atoms. The first kappa shape index (κ1) is 13.5. The van der Waals surface area contributed by atoms with Crippen molar-refractivity contribution in [2.24, 2.45) is 0 Å². The van der Waals surface area contributed by atoms with Crippen LogP contribution in [0.4, 0.5) is 0 Å². The number of nitrogens with one attached hydrogen (secondary N) is 1. The van der Waals surface area contributed by atoms with Crippen LogP contribution in [0.25, 0.3) is 0 Å². The first-order valence-corrected chi connectivity index (χ1v) is 6.90. The Morgan fingerprint density at radius 1 is 1.44 bits per heavy atom. The van der Waals surface area contributed by atoms with E-state index in [1.54, 1.807) is 7.11 Å². The molecule has 0 aromatic carbocycles. The molecule has 5 nitrogen and oxygen atoms in total. The third kappa shape index (κ3) is 2.72. The highest BCUT2D eigenvalue weighted by molar-refractivity contribution is 5.10. The number of piperidine rings is 1. The van der Waals surface area contributed by atoms with Crippen LogP contribution in [0.3, 0.4) is 0 Å². The van der Waals surface area contributed by atoms with Crippen LogP contribution in [-0.2, 0) is 16.7 Å². The monoisotopic (exact) mass is 252 g/mol. The van der Waals surface area contributed by atoms with Crippen molar-refractivity contribution in [1.29, 1.82) is 0 Å². The van der Waals surface area contributed by atoms with Gasteiger partial charge in [0.05, 0.1) is 6.61 Å². The van der Waals surface area contributed by atoms with Gasteiger partial charge in [0.25, 0.3) is 0 Å². The molecule has 1 aliphatic rings.